The van der Waals surface area contributed by atoms with E-state index in [1.165, 1.54) is 0 Å². The van der Waals surface area contributed by atoms with Crippen LogP contribution in [0.25, 0.3) is 65.7 Å². The van der Waals surface area contributed by atoms with Crippen LogP contribution in [-0.4, -0.2) is 19.9 Å². The number of aromatic nitrogens is 4. The Morgan fingerprint density at radius 1 is 0.455 bits per heavy atom. The molecule has 0 amide bonds. The molecule has 0 fully saturated rings. The van der Waals surface area contributed by atoms with E-state index in [0.717, 1.165) is 65.7 Å². The van der Waals surface area contributed by atoms with E-state index in [4.69, 9.17) is 4.42 Å². The number of nitrogens with zero attached hydrogens (tertiary/aromatic N) is 4. The molecular formula is C28H16N4O. The molecule has 0 saturated heterocycles. The number of hydrogen-bond donors (Lipinski definition) is 0. The highest BCUT2D eigenvalue weighted by atomic mass is 16.3. The first kappa shape index (κ1) is 18.0. The summed E-state index contributed by atoms with van der Waals surface area (Å²) in [4.78, 5) is 17.4. The fourth-order valence-corrected chi connectivity index (χ4v) is 4.72. The number of rotatable bonds is 2. The van der Waals surface area contributed by atoms with E-state index in [-0.39, 0.29) is 0 Å². The third-order valence-corrected chi connectivity index (χ3v) is 6.22. The third-order valence-electron chi connectivity index (χ3n) is 6.22. The first-order valence-electron chi connectivity index (χ1n) is 10.7. The molecule has 0 radical (unpaired) electrons. The average molecular weight is 424 g/mol. The lowest BCUT2D eigenvalue weighted by Crippen LogP contribution is -1.86. The van der Waals surface area contributed by atoms with Crippen LogP contribution in [0, 0.1) is 0 Å². The first-order chi connectivity index (χ1) is 16.4. The Bertz CT molecular complexity index is 1680. The van der Waals surface area contributed by atoms with Crippen molar-refractivity contribution >= 4 is 43.5 Å². The molecule has 2 aromatic carbocycles. The molecule has 0 unspecified atom stereocenters. The van der Waals surface area contributed by atoms with E-state index in [9.17, 15) is 0 Å². The SMILES string of the molecule is c1cncc(-c2cc3c4cc(-c5cccnc5)c5cnccc5c4oc3c3ccncc23)c1. The van der Waals surface area contributed by atoms with Gasteiger partial charge in [-0.15, -0.1) is 0 Å². The van der Waals surface area contributed by atoms with Crippen LogP contribution >= 0.6 is 0 Å². The summed E-state index contributed by atoms with van der Waals surface area (Å²) in [5.41, 5.74) is 5.97. The lowest BCUT2D eigenvalue weighted by atomic mass is 9.95. The summed E-state index contributed by atoms with van der Waals surface area (Å²) < 4.78 is 6.57. The topological polar surface area (TPSA) is 64.7 Å². The fourth-order valence-electron chi connectivity index (χ4n) is 4.72. The molecule has 0 spiro atoms. The first-order valence-corrected chi connectivity index (χ1v) is 10.7. The van der Waals surface area contributed by atoms with Crippen LogP contribution in [0.5, 0.6) is 0 Å². The van der Waals surface area contributed by atoms with Gasteiger partial charge in [-0.05, 0) is 47.5 Å². The Balaban J connectivity index is 1.68. The second kappa shape index (κ2) is 6.93. The summed E-state index contributed by atoms with van der Waals surface area (Å²) in [6.07, 6.45) is 14.8. The molecule has 5 heteroatoms. The fraction of sp³-hybridized carbons (Fsp3) is 0. The summed E-state index contributed by atoms with van der Waals surface area (Å²) in [6, 6.07) is 16.5. The average Bonchev–Trinajstić information content (AvgIpc) is 3.28. The quantitative estimate of drug-likeness (QED) is 0.305. The Hall–Kier alpha value is -4.64. The summed E-state index contributed by atoms with van der Waals surface area (Å²) in [5, 5.41) is 6.26. The van der Waals surface area contributed by atoms with Crippen molar-refractivity contribution in [2.24, 2.45) is 0 Å². The molecule has 154 valence electrons. The van der Waals surface area contributed by atoms with Gasteiger partial charge in [0.1, 0.15) is 11.2 Å². The number of benzene rings is 2. The van der Waals surface area contributed by atoms with Crippen molar-refractivity contribution in [3.63, 3.8) is 0 Å². The number of pyridine rings is 4. The molecule has 5 nitrogen and oxygen atoms in total. The molecule has 0 aliphatic rings. The minimum Gasteiger partial charge on any atom is -0.455 e. The minimum atomic E-state index is 0.858. The van der Waals surface area contributed by atoms with E-state index in [2.05, 4.69) is 44.2 Å². The molecule has 5 heterocycles. The van der Waals surface area contributed by atoms with Gasteiger partial charge >= 0.3 is 0 Å². The molecule has 7 aromatic rings. The zero-order valence-electron chi connectivity index (χ0n) is 17.4. The largest absolute Gasteiger partial charge is 0.455 e. The van der Waals surface area contributed by atoms with Crippen LogP contribution in [0.2, 0.25) is 0 Å². The van der Waals surface area contributed by atoms with Crippen LogP contribution in [0.3, 0.4) is 0 Å². The Kier molecular flexibility index (Phi) is 3.78. The molecule has 0 aliphatic heterocycles. The lowest BCUT2D eigenvalue weighted by Gasteiger charge is -2.08. The highest BCUT2D eigenvalue weighted by Crippen LogP contribution is 2.43. The normalized spacial score (nSPS) is 11.6. The highest BCUT2D eigenvalue weighted by molar-refractivity contribution is 6.24. The molecule has 33 heavy (non-hydrogen) atoms. The van der Waals surface area contributed by atoms with Crippen molar-refractivity contribution in [2.75, 3.05) is 0 Å². The smallest absolute Gasteiger partial charge is 0.143 e. The predicted molar refractivity (Wildman–Crippen MR) is 131 cm³/mol. The summed E-state index contributed by atoms with van der Waals surface area (Å²) in [5.74, 6) is 0. The van der Waals surface area contributed by atoms with Crippen molar-refractivity contribution in [3.05, 3.63) is 98.1 Å². The maximum Gasteiger partial charge on any atom is 0.143 e. The van der Waals surface area contributed by atoms with Gasteiger partial charge in [0.2, 0.25) is 0 Å². The van der Waals surface area contributed by atoms with Gasteiger partial charge in [-0.25, -0.2) is 0 Å². The second-order valence-electron chi connectivity index (χ2n) is 8.03. The van der Waals surface area contributed by atoms with Crippen LogP contribution < -0.4 is 0 Å². The van der Waals surface area contributed by atoms with Gasteiger partial charge in [-0.1, -0.05) is 12.1 Å². The summed E-state index contributed by atoms with van der Waals surface area (Å²) >= 11 is 0. The van der Waals surface area contributed by atoms with Crippen LogP contribution in [0.15, 0.2) is 103 Å². The van der Waals surface area contributed by atoms with Crippen molar-refractivity contribution in [1.29, 1.82) is 0 Å². The molecule has 7 rings (SSSR count). The third kappa shape index (κ3) is 2.66. The van der Waals surface area contributed by atoms with E-state index in [1.807, 2.05) is 61.4 Å². The Labute approximate surface area is 188 Å². The monoisotopic (exact) mass is 424 g/mol. The standard InChI is InChI=1S/C28H16N4O/c1-3-17(13-29-7-1)21-11-23-24-12-22(18-4-2-8-30-14-18)26-16-32-10-6-20(26)28(24)33-27(23)19-5-9-31-15-25(19)21/h1-16H. The van der Waals surface area contributed by atoms with E-state index in [0.29, 0.717) is 0 Å². The molecule has 5 aromatic heterocycles. The van der Waals surface area contributed by atoms with Crippen molar-refractivity contribution in [3.8, 4) is 22.3 Å². The molecular weight excluding hydrogens is 408 g/mol. The summed E-state index contributed by atoms with van der Waals surface area (Å²) in [7, 11) is 0. The predicted octanol–water partition coefficient (Wildman–Crippen LogP) is 6.81. The van der Waals surface area contributed by atoms with Gasteiger partial charge in [-0.3, -0.25) is 19.9 Å². The molecule has 0 atom stereocenters. The highest BCUT2D eigenvalue weighted by Gasteiger charge is 2.19. The van der Waals surface area contributed by atoms with Crippen LogP contribution in [0.1, 0.15) is 0 Å². The number of fused-ring (bicyclic) bond motifs is 7. The van der Waals surface area contributed by atoms with Gasteiger partial charge in [0.05, 0.1) is 0 Å². The van der Waals surface area contributed by atoms with E-state index < -0.39 is 0 Å². The molecule has 0 saturated carbocycles. The Morgan fingerprint density at radius 2 is 0.939 bits per heavy atom. The Morgan fingerprint density at radius 3 is 1.39 bits per heavy atom. The van der Waals surface area contributed by atoms with Gasteiger partial charge in [-0.2, -0.15) is 0 Å². The van der Waals surface area contributed by atoms with Gasteiger partial charge < -0.3 is 4.42 Å². The zero-order chi connectivity index (χ0) is 21.8. The van der Waals surface area contributed by atoms with Gasteiger partial charge in [0.25, 0.3) is 0 Å². The zero-order valence-corrected chi connectivity index (χ0v) is 17.4. The maximum atomic E-state index is 6.57. The molecule has 0 aliphatic carbocycles. The van der Waals surface area contributed by atoms with Crippen molar-refractivity contribution in [2.45, 2.75) is 0 Å². The summed E-state index contributed by atoms with van der Waals surface area (Å²) in [6.45, 7) is 0. The van der Waals surface area contributed by atoms with Crippen molar-refractivity contribution in [1.82, 2.24) is 19.9 Å². The molecule has 0 bridgehead atoms. The number of furan rings is 1. The maximum absolute atomic E-state index is 6.57. The minimum absolute atomic E-state index is 0.858. The number of hydrogen-bond acceptors (Lipinski definition) is 5. The van der Waals surface area contributed by atoms with Gasteiger partial charge in [0, 0.05) is 93.0 Å². The molecule has 0 N–H and O–H groups in total. The van der Waals surface area contributed by atoms with Crippen LogP contribution in [-0.2, 0) is 0 Å². The van der Waals surface area contributed by atoms with E-state index >= 15 is 0 Å². The van der Waals surface area contributed by atoms with Crippen LogP contribution in [0.4, 0.5) is 0 Å². The van der Waals surface area contributed by atoms with E-state index in [1.54, 1.807) is 12.4 Å². The lowest BCUT2D eigenvalue weighted by molar-refractivity contribution is 0.676. The second-order valence-corrected chi connectivity index (χ2v) is 8.03. The van der Waals surface area contributed by atoms with Gasteiger partial charge in [0.15, 0.2) is 0 Å². The van der Waals surface area contributed by atoms with Crippen molar-refractivity contribution < 1.29 is 4.42 Å².